The monoisotopic (exact) mass is 316 g/mol. The maximum atomic E-state index is 12.3. The second kappa shape index (κ2) is 6.91. The van der Waals surface area contributed by atoms with Gasteiger partial charge in [-0.1, -0.05) is 13.8 Å². The van der Waals surface area contributed by atoms with E-state index in [0.29, 0.717) is 37.3 Å². The van der Waals surface area contributed by atoms with Crippen molar-refractivity contribution in [1.82, 2.24) is 10.0 Å². The third-order valence-corrected chi connectivity index (χ3v) is 4.95. The van der Waals surface area contributed by atoms with E-state index >= 15 is 0 Å². The van der Waals surface area contributed by atoms with E-state index < -0.39 is 10.0 Å². The van der Waals surface area contributed by atoms with Crippen LogP contribution in [0.5, 0.6) is 0 Å². The predicted molar refractivity (Wildman–Crippen MR) is 79.6 cm³/mol. The van der Waals surface area contributed by atoms with Crippen molar-refractivity contribution in [1.29, 1.82) is 0 Å². The minimum atomic E-state index is -3.55. The summed E-state index contributed by atoms with van der Waals surface area (Å²) in [4.78, 5) is 0.209. The van der Waals surface area contributed by atoms with Gasteiger partial charge in [-0.05, 0) is 19.8 Å². The first kappa shape index (κ1) is 16.5. The average molecular weight is 316 g/mol. The summed E-state index contributed by atoms with van der Waals surface area (Å²) in [7, 11) is -3.55. The molecule has 0 radical (unpaired) electrons. The van der Waals surface area contributed by atoms with Crippen LogP contribution in [0.15, 0.2) is 15.4 Å². The van der Waals surface area contributed by atoms with Crippen molar-refractivity contribution in [3.63, 3.8) is 0 Å². The van der Waals surface area contributed by atoms with E-state index in [4.69, 9.17) is 9.15 Å². The van der Waals surface area contributed by atoms with Gasteiger partial charge in [-0.3, -0.25) is 0 Å². The van der Waals surface area contributed by atoms with Gasteiger partial charge in [-0.2, -0.15) is 0 Å². The molecule has 1 aliphatic heterocycles. The Balaban J connectivity index is 2.01. The molecule has 2 heterocycles. The number of nitrogens with one attached hydrogen (secondary N) is 2. The van der Waals surface area contributed by atoms with Crippen LogP contribution in [0.3, 0.4) is 0 Å². The molecule has 1 unspecified atom stereocenters. The van der Waals surface area contributed by atoms with Crippen LogP contribution < -0.4 is 10.0 Å². The SMILES string of the molecule is Cc1oc(CNC(C)C)cc1S(=O)(=O)NCC1CCCO1. The molecular weight excluding hydrogens is 292 g/mol. The summed E-state index contributed by atoms with van der Waals surface area (Å²) in [6.45, 7) is 7.25. The zero-order valence-electron chi connectivity index (χ0n) is 12.8. The van der Waals surface area contributed by atoms with Crippen molar-refractivity contribution in [2.24, 2.45) is 0 Å². The molecule has 1 aliphatic rings. The van der Waals surface area contributed by atoms with E-state index in [9.17, 15) is 8.42 Å². The van der Waals surface area contributed by atoms with Gasteiger partial charge in [0.2, 0.25) is 10.0 Å². The highest BCUT2D eigenvalue weighted by Crippen LogP contribution is 2.20. The van der Waals surface area contributed by atoms with Gasteiger partial charge < -0.3 is 14.5 Å². The van der Waals surface area contributed by atoms with Crippen LogP contribution in [0.1, 0.15) is 38.2 Å². The molecule has 2 rings (SSSR count). The molecule has 7 heteroatoms. The molecule has 0 amide bonds. The average Bonchev–Trinajstić information content (AvgIpc) is 3.03. The van der Waals surface area contributed by atoms with Crippen molar-refractivity contribution < 1.29 is 17.6 Å². The Morgan fingerprint density at radius 1 is 1.43 bits per heavy atom. The second-order valence-corrected chi connectivity index (χ2v) is 7.39. The first-order valence-electron chi connectivity index (χ1n) is 7.32. The van der Waals surface area contributed by atoms with Gasteiger partial charge in [0, 0.05) is 25.3 Å². The summed E-state index contributed by atoms with van der Waals surface area (Å²) < 4.78 is 38.2. The molecule has 1 aromatic rings. The zero-order chi connectivity index (χ0) is 15.5. The molecule has 0 spiro atoms. The number of aryl methyl sites for hydroxylation is 1. The van der Waals surface area contributed by atoms with E-state index in [-0.39, 0.29) is 11.0 Å². The van der Waals surface area contributed by atoms with Crippen LogP contribution in [-0.4, -0.2) is 33.7 Å². The van der Waals surface area contributed by atoms with Crippen LogP contribution in [0.4, 0.5) is 0 Å². The fourth-order valence-electron chi connectivity index (χ4n) is 2.27. The number of ether oxygens (including phenoxy) is 1. The summed E-state index contributed by atoms with van der Waals surface area (Å²) in [6.07, 6.45) is 1.87. The summed E-state index contributed by atoms with van der Waals surface area (Å²) >= 11 is 0. The van der Waals surface area contributed by atoms with E-state index in [1.165, 1.54) is 0 Å². The Bertz CT molecular complexity index is 560. The quantitative estimate of drug-likeness (QED) is 0.797. The highest BCUT2D eigenvalue weighted by molar-refractivity contribution is 7.89. The van der Waals surface area contributed by atoms with Crippen LogP contribution in [0.25, 0.3) is 0 Å². The van der Waals surface area contributed by atoms with E-state index in [0.717, 1.165) is 12.8 Å². The molecule has 0 aliphatic carbocycles. The van der Waals surface area contributed by atoms with Crippen LogP contribution in [0.2, 0.25) is 0 Å². The topological polar surface area (TPSA) is 80.6 Å². The fraction of sp³-hybridized carbons (Fsp3) is 0.714. The maximum Gasteiger partial charge on any atom is 0.244 e. The first-order valence-corrected chi connectivity index (χ1v) is 8.81. The molecule has 1 fully saturated rings. The van der Waals surface area contributed by atoms with Crippen molar-refractivity contribution in [3.8, 4) is 0 Å². The van der Waals surface area contributed by atoms with Gasteiger partial charge in [-0.15, -0.1) is 0 Å². The molecule has 0 bridgehead atoms. The van der Waals surface area contributed by atoms with Gasteiger partial charge in [0.1, 0.15) is 16.4 Å². The van der Waals surface area contributed by atoms with Crippen molar-refractivity contribution in [2.45, 2.75) is 57.2 Å². The normalized spacial score (nSPS) is 19.5. The minimum Gasteiger partial charge on any atom is -0.464 e. The summed E-state index contributed by atoms with van der Waals surface area (Å²) in [5, 5.41) is 3.20. The largest absolute Gasteiger partial charge is 0.464 e. The Hall–Kier alpha value is -0.890. The molecule has 1 aromatic heterocycles. The Kier molecular flexibility index (Phi) is 5.43. The molecule has 21 heavy (non-hydrogen) atoms. The Morgan fingerprint density at radius 3 is 2.81 bits per heavy atom. The van der Waals surface area contributed by atoms with E-state index in [2.05, 4.69) is 10.0 Å². The third-order valence-electron chi connectivity index (χ3n) is 3.42. The molecule has 1 saturated heterocycles. The van der Waals surface area contributed by atoms with Crippen LogP contribution in [0, 0.1) is 6.92 Å². The third kappa shape index (κ3) is 4.54. The molecule has 1 atom stereocenters. The maximum absolute atomic E-state index is 12.3. The molecular formula is C14H24N2O4S. The summed E-state index contributed by atoms with van der Waals surface area (Å²) in [5.41, 5.74) is 0. The number of sulfonamides is 1. The lowest BCUT2D eigenvalue weighted by Gasteiger charge is -2.10. The number of rotatable bonds is 7. The minimum absolute atomic E-state index is 0.0194. The highest BCUT2D eigenvalue weighted by Gasteiger charge is 2.24. The number of furan rings is 1. The molecule has 6 nitrogen and oxygen atoms in total. The van der Waals surface area contributed by atoms with Gasteiger partial charge in [0.05, 0.1) is 12.6 Å². The van der Waals surface area contributed by atoms with E-state index in [1.807, 2.05) is 13.8 Å². The second-order valence-electron chi connectivity index (χ2n) is 5.66. The lowest BCUT2D eigenvalue weighted by atomic mass is 10.2. The smallest absolute Gasteiger partial charge is 0.244 e. The van der Waals surface area contributed by atoms with Crippen LogP contribution >= 0.6 is 0 Å². The predicted octanol–water partition coefficient (Wildman–Crippen LogP) is 1.54. The standard InChI is InChI=1S/C14H24N2O4S/c1-10(2)15-8-13-7-14(11(3)20-13)21(17,18)16-9-12-5-4-6-19-12/h7,10,12,15-16H,4-6,8-9H2,1-3H3. The molecule has 0 saturated carbocycles. The Labute approximate surface area is 126 Å². The zero-order valence-corrected chi connectivity index (χ0v) is 13.6. The van der Waals surface area contributed by atoms with Gasteiger partial charge in [-0.25, -0.2) is 13.1 Å². The molecule has 2 N–H and O–H groups in total. The lowest BCUT2D eigenvalue weighted by molar-refractivity contribution is 0.114. The number of hydrogen-bond donors (Lipinski definition) is 2. The van der Waals surface area contributed by atoms with Crippen molar-refractivity contribution in [2.75, 3.05) is 13.2 Å². The van der Waals surface area contributed by atoms with Gasteiger partial charge >= 0.3 is 0 Å². The first-order chi connectivity index (χ1) is 9.88. The molecule has 120 valence electrons. The highest BCUT2D eigenvalue weighted by atomic mass is 32.2. The molecule has 0 aromatic carbocycles. The Morgan fingerprint density at radius 2 is 2.19 bits per heavy atom. The van der Waals surface area contributed by atoms with E-state index in [1.54, 1.807) is 13.0 Å². The fourth-order valence-corrected chi connectivity index (χ4v) is 3.54. The van der Waals surface area contributed by atoms with Crippen LogP contribution in [-0.2, 0) is 21.3 Å². The van der Waals surface area contributed by atoms with Gasteiger partial charge in [0.15, 0.2) is 0 Å². The lowest BCUT2D eigenvalue weighted by Crippen LogP contribution is -2.31. The number of hydrogen-bond acceptors (Lipinski definition) is 5. The summed E-state index contributed by atoms with van der Waals surface area (Å²) in [5.74, 6) is 1.04. The van der Waals surface area contributed by atoms with Crippen molar-refractivity contribution >= 4 is 10.0 Å². The summed E-state index contributed by atoms with van der Waals surface area (Å²) in [6, 6.07) is 1.90. The van der Waals surface area contributed by atoms with Gasteiger partial charge in [0.25, 0.3) is 0 Å². The van der Waals surface area contributed by atoms with Crippen molar-refractivity contribution in [3.05, 3.63) is 17.6 Å².